The Morgan fingerprint density at radius 2 is 1.88 bits per heavy atom. The van der Waals surface area contributed by atoms with E-state index in [0.717, 1.165) is 16.8 Å². The van der Waals surface area contributed by atoms with Crippen LogP contribution in [-0.2, 0) is 4.79 Å². The summed E-state index contributed by atoms with van der Waals surface area (Å²) in [7, 11) is 0. The lowest BCUT2D eigenvalue weighted by Gasteiger charge is -2.30. The lowest BCUT2D eigenvalue weighted by Crippen LogP contribution is -2.45. The van der Waals surface area contributed by atoms with Crippen molar-refractivity contribution in [2.45, 2.75) is 26.8 Å². The Morgan fingerprint density at radius 1 is 1.15 bits per heavy atom. The zero-order valence-corrected chi connectivity index (χ0v) is 15.6. The van der Waals surface area contributed by atoms with Crippen molar-refractivity contribution in [3.05, 3.63) is 76.2 Å². The molecule has 26 heavy (non-hydrogen) atoms. The molecule has 0 saturated heterocycles. The molecule has 1 atom stereocenters. The van der Waals surface area contributed by atoms with Gasteiger partial charge in [-0.1, -0.05) is 24.3 Å². The maximum Gasteiger partial charge on any atom is 0.255 e. The van der Waals surface area contributed by atoms with Gasteiger partial charge in [-0.2, -0.15) is 0 Å². The minimum absolute atomic E-state index is 0.257. The first kappa shape index (κ1) is 18.1. The largest absolute Gasteiger partial charge is 0.351 e. The number of allylic oxidation sites excluding steroid dienone is 1. The highest BCUT2D eigenvalue weighted by Gasteiger charge is 2.30. The second kappa shape index (κ2) is 7.25. The molecule has 1 heterocycles. The van der Waals surface area contributed by atoms with Gasteiger partial charge >= 0.3 is 0 Å². The normalized spacial score (nSPS) is 16.8. The second-order valence-corrected chi connectivity index (χ2v) is 6.73. The Labute approximate surface area is 157 Å². The van der Waals surface area contributed by atoms with Crippen LogP contribution in [-0.4, -0.2) is 11.0 Å². The fraction of sp³-hybridized carbons (Fsp3) is 0.200. The van der Waals surface area contributed by atoms with Gasteiger partial charge in [-0.25, -0.2) is 4.39 Å². The number of thiocarbonyl (C=S) groups is 1. The van der Waals surface area contributed by atoms with Gasteiger partial charge in [0, 0.05) is 11.4 Å². The third-order valence-electron chi connectivity index (χ3n) is 4.55. The van der Waals surface area contributed by atoms with Crippen LogP contribution in [0.15, 0.2) is 53.7 Å². The number of halogens is 1. The minimum Gasteiger partial charge on any atom is -0.351 e. The third kappa shape index (κ3) is 3.60. The molecule has 0 bridgehead atoms. The first-order valence-electron chi connectivity index (χ1n) is 8.28. The average molecular weight is 369 g/mol. The molecule has 1 aliphatic heterocycles. The van der Waals surface area contributed by atoms with E-state index in [-0.39, 0.29) is 11.7 Å². The number of carbonyl (C=O) groups excluding carboxylic acids is 1. The summed E-state index contributed by atoms with van der Waals surface area (Å²) >= 11 is 5.22. The second-order valence-electron chi connectivity index (χ2n) is 6.33. The van der Waals surface area contributed by atoms with Crippen LogP contribution in [0.5, 0.6) is 0 Å². The fourth-order valence-electron chi connectivity index (χ4n) is 3.01. The van der Waals surface area contributed by atoms with Gasteiger partial charge in [0.2, 0.25) is 0 Å². The molecule has 0 fully saturated rings. The van der Waals surface area contributed by atoms with E-state index in [4.69, 9.17) is 12.2 Å². The van der Waals surface area contributed by atoms with Gasteiger partial charge in [0.1, 0.15) is 5.82 Å². The first-order valence-corrected chi connectivity index (χ1v) is 8.69. The Balaban J connectivity index is 1.98. The van der Waals surface area contributed by atoms with E-state index in [1.54, 1.807) is 19.1 Å². The Hall–Kier alpha value is -2.73. The highest BCUT2D eigenvalue weighted by atomic mass is 32.1. The molecule has 6 heteroatoms. The molecule has 1 amide bonds. The van der Waals surface area contributed by atoms with Crippen LogP contribution in [0.4, 0.5) is 10.1 Å². The van der Waals surface area contributed by atoms with Gasteiger partial charge in [0.25, 0.3) is 5.91 Å². The zero-order chi connectivity index (χ0) is 18.8. The molecular formula is C20H20FN3OS. The highest BCUT2D eigenvalue weighted by molar-refractivity contribution is 7.80. The molecule has 0 aliphatic carbocycles. The molecule has 1 aliphatic rings. The van der Waals surface area contributed by atoms with Crippen molar-refractivity contribution in [3.8, 4) is 0 Å². The van der Waals surface area contributed by atoms with Crippen LogP contribution < -0.4 is 16.0 Å². The van der Waals surface area contributed by atoms with Gasteiger partial charge in [-0.15, -0.1) is 0 Å². The first-order chi connectivity index (χ1) is 12.4. The van der Waals surface area contributed by atoms with Crippen molar-refractivity contribution in [2.24, 2.45) is 0 Å². The fourth-order valence-corrected chi connectivity index (χ4v) is 3.28. The summed E-state index contributed by atoms with van der Waals surface area (Å²) in [6.07, 6.45) is 0. The molecule has 3 N–H and O–H groups in total. The molecule has 2 aromatic carbocycles. The van der Waals surface area contributed by atoms with E-state index in [2.05, 4.69) is 16.0 Å². The molecule has 134 valence electrons. The highest BCUT2D eigenvalue weighted by Crippen LogP contribution is 2.29. The number of anilines is 1. The number of aryl methyl sites for hydroxylation is 1. The van der Waals surface area contributed by atoms with E-state index in [0.29, 0.717) is 21.9 Å². The molecule has 0 unspecified atom stereocenters. The molecule has 0 aromatic heterocycles. The van der Waals surface area contributed by atoms with Gasteiger partial charge in [0.05, 0.1) is 11.6 Å². The Morgan fingerprint density at radius 3 is 2.62 bits per heavy atom. The lowest BCUT2D eigenvalue weighted by atomic mass is 9.94. The number of benzene rings is 2. The van der Waals surface area contributed by atoms with Crippen LogP contribution in [0.3, 0.4) is 0 Å². The Kier molecular flexibility index (Phi) is 5.04. The third-order valence-corrected chi connectivity index (χ3v) is 4.77. The number of carbonyl (C=O) groups is 1. The summed E-state index contributed by atoms with van der Waals surface area (Å²) < 4.78 is 13.7. The summed E-state index contributed by atoms with van der Waals surface area (Å²) in [5, 5.41) is 9.42. The van der Waals surface area contributed by atoms with Crippen molar-refractivity contribution >= 4 is 28.9 Å². The van der Waals surface area contributed by atoms with Crippen molar-refractivity contribution in [2.75, 3.05) is 5.32 Å². The van der Waals surface area contributed by atoms with Crippen LogP contribution in [0.25, 0.3) is 0 Å². The van der Waals surface area contributed by atoms with Crippen LogP contribution in [0.1, 0.15) is 29.7 Å². The number of nitrogens with one attached hydrogen (secondary N) is 3. The maximum absolute atomic E-state index is 13.7. The molecule has 0 radical (unpaired) electrons. The van der Waals surface area contributed by atoms with Gasteiger partial charge in [-0.3, -0.25) is 4.79 Å². The van der Waals surface area contributed by atoms with Crippen molar-refractivity contribution < 1.29 is 9.18 Å². The summed E-state index contributed by atoms with van der Waals surface area (Å²) in [5.74, 6) is -0.617. The summed E-state index contributed by atoms with van der Waals surface area (Å²) in [6.45, 7) is 5.74. The molecule has 0 spiro atoms. The number of hydrogen-bond donors (Lipinski definition) is 3. The predicted octanol–water partition coefficient (Wildman–Crippen LogP) is 3.87. The molecule has 3 rings (SSSR count). The van der Waals surface area contributed by atoms with Crippen LogP contribution >= 0.6 is 12.2 Å². The molecule has 2 aromatic rings. The standard InChI is InChI=1S/C20H20FN3OS/c1-11-6-4-9-16(12(11)2)23-19(25)17-13(3)22-20(26)24-18(17)14-7-5-8-15(21)10-14/h4-10,18H,1-3H3,(H,23,25)(H2,22,24,26)/t18-/m0/s1. The number of amides is 1. The van der Waals surface area contributed by atoms with Crippen molar-refractivity contribution in [1.29, 1.82) is 0 Å². The SMILES string of the molecule is CC1=C(C(=O)Nc2cccc(C)c2C)[C@H](c2cccc(F)c2)NC(=S)N1. The summed E-state index contributed by atoms with van der Waals surface area (Å²) in [5.41, 5.74) is 4.61. The Bertz CT molecular complexity index is 923. The monoisotopic (exact) mass is 369 g/mol. The van der Waals surface area contributed by atoms with Crippen molar-refractivity contribution in [3.63, 3.8) is 0 Å². The summed E-state index contributed by atoms with van der Waals surface area (Å²) in [4.78, 5) is 13.0. The van der Waals surface area contributed by atoms with E-state index in [9.17, 15) is 9.18 Å². The predicted molar refractivity (Wildman–Crippen MR) is 105 cm³/mol. The smallest absolute Gasteiger partial charge is 0.255 e. The molecule has 0 saturated carbocycles. The van der Waals surface area contributed by atoms with E-state index in [1.807, 2.05) is 32.0 Å². The zero-order valence-electron chi connectivity index (χ0n) is 14.8. The van der Waals surface area contributed by atoms with E-state index < -0.39 is 6.04 Å². The van der Waals surface area contributed by atoms with E-state index in [1.165, 1.54) is 12.1 Å². The summed E-state index contributed by atoms with van der Waals surface area (Å²) in [6, 6.07) is 11.4. The van der Waals surface area contributed by atoms with Gasteiger partial charge in [-0.05, 0) is 67.9 Å². The van der Waals surface area contributed by atoms with Crippen LogP contribution in [0, 0.1) is 19.7 Å². The van der Waals surface area contributed by atoms with Crippen molar-refractivity contribution in [1.82, 2.24) is 10.6 Å². The van der Waals surface area contributed by atoms with E-state index >= 15 is 0 Å². The number of hydrogen-bond acceptors (Lipinski definition) is 2. The van der Waals surface area contributed by atoms with Gasteiger partial charge in [0.15, 0.2) is 5.11 Å². The van der Waals surface area contributed by atoms with Gasteiger partial charge < -0.3 is 16.0 Å². The number of rotatable bonds is 3. The lowest BCUT2D eigenvalue weighted by molar-refractivity contribution is -0.113. The molecule has 4 nitrogen and oxygen atoms in total. The topological polar surface area (TPSA) is 53.2 Å². The maximum atomic E-state index is 13.7. The minimum atomic E-state index is -0.524. The quantitative estimate of drug-likeness (QED) is 0.719. The average Bonchev–Trinajstić information content (AvgIpc) is 2.58. The van der Waals surface area contributed by atoms with Crippen LogP contribution in [0.2, 0.25) is 0 Å². The molecular weight excluding hydrogens is 349 g/mol.